The lowest BCUT2D eigenvalue weighted by Crippen LogP contribution is -2.52. The Morgan fingerprint density at radius 2 is 1.74 bits per heavy atom. The number of nitrogens with one attached hydrogen (secondary N) is 1. The van der Waals surface area contributed by atoms with Crippen molar-refractivity contribution < 1.29 is 4.79 Å². The van der Waals surface area contributed by atoms with Crippen molar-refractivity contribution in [1.82, 2.24) is 5.32 Å². The van der Waals surface area contributed by atoms with Crippen molar-refractivity contribution in [3.05, 3.63) is 0 Å². The average Bonchev–Trinajstić information content (AvgIpc) is 2.38. The summed E-state index contributed by atoms with van der Waals surface area (Å²) in [6.07, 6.45) is 7.75. The molecule has 3 nitrogen and oxygen atoms in total. The number of nitrogens with two attached hydrogens (primary N) is 1. The van der Waals surface area contributed by atoms with Gasteiger partial charge in [-0.2, -0.15) is 0 Å². The Hall–Kier alpha value is -0.570. The maximum absolute atomic E-state index is 12.5. The number of hydrogen-bond donors (Lipinski definition) is 2. The molecule has 3 N–H and O–H groups in total. The maximum atomic E-state index is 12.5. The molecule has 0 heterocycles. The molecule has 3 heteroatoms. The van der Waals surface area contributed by atoms with E-state index in [0.717, 1.165) is 25.7 Å². The molecule has 2 unspecified atom stereocenters. The number of carbonyl (C=O) groups is 1. The predicted octanol–water partition coefficient (Wildman–Crippen LogP) is 2.83. The standard InChI is InChI=1S/C16H30N2O/c1-4-16(3,5-2)18-15(19)13-9-11-7-6-8-12(10-13)14(11)17/h11-14H,4-10,17H2,1-3H3,(H,18,19). The van der Waals surface area contributed by atoms with Crippen molar-refractivity contribution >= 4 is 5.91 Å². The zero-order valence-electron chi connectivity index (χ0n) is 12.7. The summed E-state index contributed by atoms with van der Waals surface area (Å²) >= 11 is 0. The third-order valence-electron chi connectivity index (χ3n) is 5.77. The molecule has 2 rings (SSSR count). The van der Waals surface area contributed by atoms with Crippen LogP contribution >= 0.6 is 0 Å². The van der Waals surface area contributed by atoms with Gasteiger partial charge in [-0.3, -0.25) is 4.79 Å². The summed E-state index contributed by atoms with van der Waals surface area (Å²) < 4.78 is 0. The zero-order chi connectivity index (χ0) is 14.0. The molecule has 0 aromatic carbocycles. The van der Waals surface area contributed by atoms with Crippen molar-refractivity contribution in [3.8, 4) is 0 Å². The number of carbonyl (C=O) groups excluding carboxylic acids is 1. The topological polar surface area (TPSA) is 55.1 Å². The van der Waals surface area contributed by atoms with E-state index in [0.29, 0.717) is 17.9 Å². The molecule has 0 radical (unpaired) electrons. The zero-order valence-corrected chi connectivity index (χ0v) is 12.7. The van der Waals surface area contributed by atoms with Crippen LogP contribution in [0.5, 0.6) is 0 Å². The Morgan fingerprint density at radius 1 is 1.21 bits per heavy atom. The maximum Gasteiger partial charge on any atom is 0.223 e. The van der Waals surface area contributed by atoms with Crippen LogP contribution in [0.1, 0.15) is 65.7 Å². The third kappa shape index (κ3) is 3.13. The lowest BCUT2D eigenvalue weighted by Gasteiger charge is -2.44. The second kappa shape index (κ2) is 5.82. The van der Waals surface area contributed by atoms with Gasteiger partial charge in [-0.25, -0.2) is 0 Å². The summed E-state index contributed by atoms with van der Waals surface area (Å²) in [6, 6.07) is 0.349. The van der Waals surface area contributed by atoms with Crippen molar-refractivity contribution in [3.63, 3.8) is 0 Å². The first-order valence-corrected chi connectivity index (χ1v) is 8.06. The summed E-state index contributed by atoms with van der Waals surface area (Å²) in [4.78, 5) is 12.5. The molecule has 19 heavy (non-hydrogen) atoms. The van der Waals surface area contributed by atoms with Gasteiger partial charge in [-0.05, 0) is 57.3 Å². The van der Waals surface area contributed by atoms with Crippen molar-refractivity contribution in [1.29, 1.82) is 0 Å². The van der Waals surface area contributed by atoms with E-state index in [2.05, 4.69) is 26.1 Å². The highest BCUT2D eigenvalue weighted by atomic mass is 16.2. The minimum Gasteiger partial charge on any atom is -0.351 e. The lowest BCUT2D eigenvalue weighted by atomic mass is 9.65. The van der Waals surface area contributed by atoms with Gasteiger partial charge in [-0.1, -0.05) is 20.3 Å². The molecular formula is C16H30N2O. The molecule has 2 saturated carbocycles. The van der Waals surface area contributed by atoms with E-state index in [1.54, 1.807) is 0 Å². The van der Waals surface area contributed by atoms with Crippen LogP contribution in [0, 0.1) is 17.8 Å². The van der Waals surface area contributed by atoms with Gasteiger partial charge >= 0.3 is 0 Å². The monoisotopic (exact) mass is 266 g/mol. The Labute approximate surface area is 117 Å². The van der Waals surface area contributed by atoms with E-state index < -0.39 is 0 Å². The van der Waals surface area contributed by atoms with Crippen LogP contribution in [-0.4, -0.2) is 17.5 Å². The van der Waals surface area contributed by atoms with Gasteiger partial charge in [-0.15, -0.1) is 0 Å². The molecule has 110 valence electrons. The van der Waals surface area contributed by atoms with Crippen LogP contribution < -0.4 is 11.1 Å². The second-order valence-corrected chi connectivity index (χ2v) is 6.95. The van der Waals surface area contributed by atoms with Gasteiger partial charge in [0.05, 0.1) is 0 Å². The summed E-state index contributed by atoms with van der Waals surface area (Å²) in [6.45, 7) is 6.45. The molecule has 2 aliphatic carbocycles. The largest absolute Gasteiger partial charge is 0.351 e. The molecule has 0 aromatic rings. The minimum absolute atomic E-state index is 0.0360. The molecule has 0 saturated heterocycles. The van der Waals surface area contributed by atoms with E-state index in [1.807, 2.05) is 0 Å². The molecule has 2 bridgehead atoms. The highest BCUT2D eigenvalue weighted by molar-refractivity contribution is 5.79. The van der Waals surface area contributed by atoms with Gasteiger partial charge in [0.1, 0.15) is 0 Å². The SMILES string of the molecule is CCC(C)(CC)NC(=O)C1CC2CCCC(C1)C2N. The number of amides is 1. The highest BCUT2D eigenvalue weighted by Gasteiger charge is 2.41. The predicted molar refractivity (Wildman–Crippen MR) is 78.7 cm³/mol. The first-order chi connectivity index (χ1) is 8.99. The van der Waals surface area contributed by atoms with Crippen molar-refractivity contribution in [2.45, 2.75) is 77.3 Å². The second-order valence-electron chi connectivity index (χ2n) is 6.95. The Kier molecular flexibility index (Phi) is 4.54. The molecule has 2 fully saturated rings. The summed E-state index contributed by atoms with van der Waals surface area (Å²) in [7, 11) is 0. The van der Waals surface area contributed by atoms with Crippen LogP contribution in [-0.2, 0) is 4.79 Å². The fraction of sp³-hybridized carbons (Fsp3) is 0.938. The molecule has 2 atom stereocenters. The first-order valence-electron chi connectivity index (χ1n) is 8.06. The van der Waals surface area contributed by atoms with Gasteiger partial charge < -0.3 is 11.1 Å². The molecule has 1 amide bonds. The average molecular weight is 266 g/mol. The van der Waals surface area contributed by atoms with Crippen LogP contribution in [0.3, 0.4) is 0 Å². The molecular weight excluding hydrogens is 236 g/mol. The van der Waals surface area contributed by atoms with E-state index in [9.17, 15) is 4.79 Å². The fourth-order valence-corrected chi connectivity index (χ4v) is 3.83. The highest BCUT2D eigenvalue weighted by Crippen LogP contribution is 2.42. The van der Waals surface area contributed by atoms with Crippen molar-refractivity contribution in [2.24, 2.45) is 23.5 Å². The molecule has 0 aliphatic heterocycles. The quantitative estimate of drug-likeness (QED) is 0.822. The van der Waals surface area contributed by atoms with E-state index in [-0.39, 0.29) is 17.4 Å². The van der Waals surface area contributed by atoms with E-state index in [1.165, 1.54) is 19.3 Å². The molecule has 0 spiro atoms. The van der Waals surface area contributed by atoms with Crippen molar-refractivity contribution in [2.75, 3.05) is 0 Å². The smallest absolute Gasteiger partial charge is 0.223 e. The van der Waals surface area contributed by atoms with E-state index in [4.69, 9.17) is 5.73 Å². The number of fused-ring (bicyclic) bond motifs is 2. The Balaban J connectivity index is 1.97. The van der Waals surface area contributed by atoms with Gasteiger partial charge in [0.25, 0.3) is 0 Å². The van der Waals surface area contributed by atoms with Crippen LogP contribution in [0.4, 0.5) is 0 Å². The van der Waals surface area contributed by atoms with Gasteiger partial charge in [0.2, 0.25) is 5.91 Å². The number of hydrogen-bond acceptors (Lipinski definition) is 2. The van der Waals surface area contributed by atoms with Gasteiger partial charge in [0.15, 0.2) is 0 Å². The molecule has 2 aliphatic rings. The van der Waals surface area contributed by atoms with Gasteiger partial charge in [0, 0.05) is 17.5 Å². The third-order valence-corrected chi connectivity index (χ3v) is 5.77. The summed E-state index contributed by atoms with van der Waals surface area (Å²) in [5.74, 6) is 1.64. The molecule has 0 aromatic heterocycles. The number of rotatable bonds is 4. The van der Waals surface area contributed by atoms with Crippen LogP contribution in [0.15, 0.2) is 0 Å². The normalized spacial score (nSPS) is 34.9. The first kappa shape index (κ1) is 14.8. The Morgan fingerprint density at radius 3 is 2.21 bits per heavy atom. The van der Waals surface area contributed by atoms with E-state index >= 15 is 0 Å². The van der Waals surface area contributed by atoms with Crippen LogP contribution in [0.25, 0.3) is 0 Å². The van der Waals surface area contributed by atoms with Crippen LogP contribution in [0.2, 0.25) is 0 Å². The minimum atomic E-state index is -0.0360. The summed E-state index contributed by atoms with van der Waals surface area (Å²) in [5.41, 5.74) is 6.26. The fourth-order valence-electron chi connectivity index (χ4n) is 3.83. The summed E-state index contributed by atoms with van der Waals surface area (Å²) in [5, 5.41) is 3.29. The lowest BCUT2D eigenvalue weighted by molar-refractivity contribution is -0.129. The Bertz CT molecular complexity index is 311.